The van der Waals surface area contributed by atoms with Gasteiger partial charge in [-0.25, -0.2) is 4.98 Å². The van der Waals surface area contributed by atoms with Crippen molar-refractivity contribution in [2.75, 3.05) is 19.0 Å². The third-order valence-electron chi connectivity index (χ3n) is 5.09. The number of amides is 1. The van der Waals surface area contributed by atoms with E-state index in [2.05, 4.69) is 27.1 Å². The van der Waals surface area contributed by atoms with E-state index in [-0.39, 0.29) is 11.5 Å². The largest absolute Gasteiger partial charge is 0.385 e. The maximum absolute atomic E-state index is 12.9. The van der Waals surface area contributed by atoms with Gasteiger partial charge in [0.1, 0.15) is 5.69 Å². The predicted molar refractivity (Wildman–Crippen MR) is 134 cm³/mol. The van der Waals surface area contributed by atoms with Crippen molar-refractivity contribution in [2.24, 2.45) is 0 Å². The second kappa shape index (κ2) is 10.7. The molecule has 170 valence electrons. The van der Waals surface area contributed by atoms with Crippen molar-refractivity contribution in [2.45, 2.75) is 13.0 Å². The smallest absolute Gasteiger partial charge is 0.262 e. The number of aromatic nitrogens is 3. The zero-order valence-electron chi connectivity index (χ0n) is 18.5. The van der Waals surface area contributed by atoms with Crippen LogP contribution >= 0.6 is 12.2 Å². The Kier molecular flexibility index (Phi) is 7.28. The van der Waals surface area contributed by atoms with E-state index in [1.807, 2.05) is 30.3 Å². The molecule has 2 N–H and O–H groups in total. The number of aromatic amines is 1. The minimum atomic E-state index is -0.305. The normalized spacial score (nSPS) is 10.5. The van der Waals surface area contributed by atoms with E-state index in [1.54, 1.807) is 43.6 Å². The summed E-state index contributed by atoms with van der Waals surface area (Å²) in [5, 5.41) is 3.34. The van der Waals surface area contributed by atoms with Crippen LogP contribution in [-0.4, -0.2) is 34.2 Å². The summed E-state index contributed by atoms with van der Waals surface area (Å²) in [4.78, 5) is 32.9. The molecule has 0 bridgehead atoms. The number of H-pyrrole nitrogens is 1. The van der Waals surface area contributed by atoms with E-state index < -0.39 is 0 Å². The molecule has 0 saturated heterocycles. The quantitative estimate of drug-likeness (QED) is 0.251. The number of carbonyl (C=O) groups is 1. The van der Waals surface area contributed by atoms with Crippen molar-refractivity contribution in [3.63, 3.8) is 0 Å². The number of nitrogens with one attached hydrogen (secondary N) is 2. The van der Waals surface area contributed by atoms with E-state index in [1.165, 1.54) is 4.57 Å². The Morgan fingerprint density at radius 2 is 2.03 bits per heavy atom. The Labute approximate surface area is 201 Å². The minimum absolute atomic E-state index is 0.194. The number of methoxy groups -OCH3 is 1. The Morgan fingerprint density at radius 3 is 2.82 bits per heavy atom. The third kappa shape index (κ3) is 5.46. The summed E-state index contributed by atoms with van der Waals surface area (Å²) in [6.07, 6.45) is 2.36. The van der Waals surface area contributed by atoms with Crippen LogP contribution in [0.25, 0.3) is 10.9 Å². The van der Waals surface area contributed by atoms with E-state index in [0.29, 0.717) is 52.2 Å². The van der Waals surface area contributed by atoms with Crippen molar-refractivity contribution in [3.05, 3.63) is 98.8 Å². The van der Waals surface area contributed by atoms with Crippen LogP contribution in [0, 0.1) is 16.6 Å². The molecule has 0 radical (unpaired) electrons. The first kappa shape index (κ1) is 23.1. The molecule has 1 amide bonds. The van der Waals surface area contributed by atoms with Gasteiger partial charge in [-0.05, 0) is 73.1 Å². The molecule has 4 rings (SSSR count). The number of hydrogen-bond donors (Lipinski definition) is 2. The van der Waals surface area contributed by atoms with Gasteiger partial charge >= 0.3 is 0 Å². The first-order valence-electron chi connectivity index (χ1n) is 10.7. The van der Waals surface area contributed by atoms with Crippen LogP contribution in [-0.2, 0) is 11.3 Å². The second-order valence-electron chi connectivity index (χ2n) is 7.49. The molecule has 34 heavy (non-hydrogen) atoms. The van der Waals surface area contributed by atoms with Crippen LogP contribution in [0.2, 0.25) is 0 Å². The molecule has 0 fully saturated rings. The molecule has 0 unspecified atom stereocenters. The summed E-state index contributed by atoms with van der Waals surface area (Å²) in [6.45, 7) is 0.994. The van der Waals surface area contributed by atoms with Gasteiger partial charge in [0.25, 0.3) is 11.5 Å². The van der Waals surface area contributed by atoms with Gasteiger partial charge < -0.3 is 15.0 Å². The van der Waals surface area contributed by atoms with Gasteiger partial charge in [0, 0.05) is 43.3 Å². The Bertz CT molecular complexity index is 1510. The first-order valence-corrected chi connectivity index (χ1v) is 11.1. The highest BCUT2D eigenvalue weighted by Gasteiger charge is 2.11. The number of fused-ring (bicyclic) bond motifs is 1. The number of benzene rings is 2. The summed E-state index contributed by atoms with van der Waals surface area (Å²) < 4.78 is 6.87. The molecule has 0 atom stereocenters. The summed E-state index contributed by atoms with van der Waals surface area (Å²) in [5.41, 5.74) is 2.75. The molecule has 0 aliphatic rings. The Balaban J connectivity index is 1.54. The molecule has 4 aromatic rings. The highest BCUT2D eigenvalue weighted by Crippen LogP contribution is 2.15. The van der Waals surface area contributed by atoms with E-state index in [4.69, 9.17) is 17.0 Å². The van der Waals surface area contributed by atoms with Gasteiger partial charge in [0.15, 0.2) is 4.77 Å². The summed E-state index contributed by atoms with van der Waals surface area (Å²) in [5.74, 6) is 5.74. The molecule has 2 aromatic heterocycles. The van der Waals surface area contributed by atoms with Crippen molar-refractivity contribution < 1.29 is 9.53 Å². The van der Waals surface area contributed by atoms with E-state index in [9.17, 15) is 9.59 Å². The van der Waals surface area contributed by atoms with Crippen LogP contribution in [0.15, 0.2) is 71.7 Å². The zero-order chi connectivity index (χ0) is 23.9. The maximum Gasteiger partial charge on any atom is 0.262 e. The van der Waals surface area contributed by atoms with Crippen LogP contribution in [0.5, 0.6) is 0 Å². The highest BCUT2D eigenvalue weighted by molar-refractivity contribution is 7.71. The standard InChI is InChI=1S/C26H22N4O3S/c1-33-15-5-14-30-25(32)22-12-10-19(17-23(22)29-26(30)34)24(31)28-21-8-4-6-18(16-21)9-11-20-7-2-3-13-27-20/h2-4,6-8,10,12-13,16-17H,5,14-15H2,1H3,(H,28,31)(H,29,34). The summed E-state index contributed by atoms with van der Waals surface area (Å²) in [7, 11) is 1.61. The number of hydrogen-bond acceptors (Lipinski definition) is 5. The number of rotatable bonds is 6. The average Bonchev–Trinajstić information content (AvgIpc) is 2.85. The lowest BCUT2D eigenvalue weighted by Gasteiger charge is -2.10. The summed E-state index contributed by atoms with van der Waals surface area (Å²) in [6, 6.07) is 17.7. The predicted octanol–water partition coefficient (Wildman–Crippen LogP) is 4.14. The lowest BCUT2D eigenvalue weighted by atomic mass is 10.1. The fraction of sp³-hybridized carbons (Fsp3) is 0.154. The van der Waals surface area contributed by atoms with Crippen molar-refractivity contribution in [1.82, 2.24) is 14.5 Å². The number of nitrogens with zero attached hydrogens (tertiary/aromatic N) is 2. The molecule has 0 aliphatic carbocycles. The Morgan fingerprint density at radius 1 is 1.15 bits per heavy atom. The van der Waals surface area contributed by atoms with E-state index >= 15 is 0 Å². The molecule has 8 heteroatoms. The zero-order valence-corrected chi connectivity index (χ0v) is 19.3. The molecular weight excluding hydrogens is 448 g/mol. The maximum atomic E-state index is 12.9. The van der Waals surface area contributed by atoms with Gasteiger partial charge in [-0.15, -0.1) is 0 Å². The van der Waals surface area contributed by atoms with E-state index in [0.717, 1.165) is 5.56 Å². The van der Waals surface area contributed by atoms with Gasteiger partial charge in [-0.1, -0.05) is 18.1 Å². The fourth-order valence-corrected chi connectivity index (χ4v) is 3.70. The lowest BCUT2D eigenvalue weighted by Crippen LogP contribution is -2.23. The van der Waals surface area contributed by atoms with Gasteiger partial charge in [-0.2, -0.15) is 0 Å². The molecule has 2 aromatic carbocycles. The van der Waals surface area contributed by atoms with Crippen LogP contribution in [0.1, 0.15) is 28.0 Å². The van der Waals surface area contributed by atoms with Gasteiger partial charge in [-0.3, -0.25) is 14.2 Å². The number of anilines is 1. The first-order chi connectivity index (χ1) is 16.5. The van der Waals surface area contributed by atoms with Crippen molar-refractivity contribution in [3.8, 4) is 11.8 Å². The Hall–Kier alpha value is -4.06. The molecule has 0 spiro atoms. The lowest BCUT2D eigenvalue weighted by molar-refractivity contribution is 0.102. The average molecular weight is 471 g/mol. The van der Waals surface area contributed by atoms with Crippen LogP contribution < -0.4 is 10.9 Å². The molecule has 2 heterocycles. The third-order valence-corrected chi connectivity index (χ3v) is 5.42. The van der Waals surface area contributed by atoms with Crippen molar-refractivity contribution >= 4 is 34.7 Å². The van der Waals surface area contributed by atoms with Crippen LogP contribution in [0.3, 0.4) is 0 Å². The second-order valence-corrected chi connectivity index (χ2v) is 7.88. The molecule has 7 nitrogen and oxygen atoms in total. The minimum Gasteiger partial charge on any atom is -0.385 e. The van der Waals surface area contributed by atoms with Gasteiger partial charge in [0.2, 0.25) is 0 Å². The highest BCUT2D eigenvalue weighted by atomic mass is 32.1. The number of pyridine rings is 1. The number of ether oxygens (including phenoxy) is 1. The molecular formula is C26H22N4O3S. The molecule has 0 aliphatic heterocycles. The van der Waals surface area contributed by atoms with Gasteiger partial charge in [0.05, 0.1) is 10.9 Å². The summed E-state index contributed by atoms with van der Waals surface area (Å²) >= 11 is 5.35. The molecule has 0 saturated carbocycles. The SMILES string of the molecule is COCCCn1c(=S)[nH]c2cc(C(=O)Nc3cccc(C#Cc4ccccn4)c3)ccc2c1=O. The van der Waals surface area contributed by atoms with Crippen LogP contribution in [0.4, 0.5) is 5.69 Å². The number of carbonyl (C=O) groups excluding carboxylic acids is 1. The fourth-order valence-electron chi connectivity index (χ4n) is 3.42. The van der Waals surface area contributed by atoms with Crippen molar-refractivity contribution in [1.29, 1.82) is 0 Å². The monoisotopic (exact) mass is 470 g/mol. The topological polar surface area (TPSA) is 89.0 Å².